The molecule has 0 heterocycles. The van der Waals surface area contributed by atoms with Crippen molar-refractivity contribution in [3.8, 4) is 0 Å². The average molecular weight is 224 g/mol. The first-order valence-electron chi connectivity index (χ1n) is 2.52. The first kappa shape index (κ1) is 9.75. The van der Waals surface area contributed by atoms with Gasteiger partial charge in [0.1, 0.15) is 0 Å². The van der Waals surface area contributed by atoms with Gasteiger partial charge >= 0.3 is 0 Å². The van der Waals surface area contributed by atoms with Crippen molar-refractivity contribution < 1.29 is 0 Å². The topological polar surface area (TPSA) is 52.0 Å². The number of hydrogen-bond donors (Lipinski definition) is 2. The van der Waals surface area contributed by atoms with E-state index >= 15 is 0 Å². The number of anilines is 1. The van der Waals surface area contributed by atoms with Crippen LogP contribution in [0.4, 0.5) is 5.69 Å². The molecule has 0 bridgehead atoms. The van der Waals surface area contributed by atoms with Crippen molar-refractivity contribution >= 4 is 33.4 Å². The summed E-state index contributed by atoms with van der Waals surface area (Å²) in [4.78, 5) is 0. The van der Waals surface area contributed by atoms with E-state index in [1.807, 2.05) is 24.3 Å². The molecule has 0 radical (unpaired) electrons. The van der Waals surface area contributed by atoms with E-state index in [-0.39, 0.29) is 0 Å². The van der Waals surface area contributed by atoms with E-state index in [0.717, 1.165) is 10.2 Å². The number of nitrogens with two attached hydrogens (primary N) is 2. The second-order valence-electron chi connectivity index (χ2n) is 1.56. The number of rotatable bonds is 0. The van der Waals surface area contributed by atoms with Crippen molar-refractivity contribution in [1.29, 1.82) is 0 Å². The molecule has 0 amide bonds. The highest BCUT2D eigenvalue weighted by Crippen LogP contribution is 2.11. The molecule has 56 valence electrons. The Morgan fingerprint density at radius 3 is 2.20 bits per heavy atom. The lowest BCUT2D eigenvalue weighted by molar-refractivity contribution is 1.64. The van der Waals surface area contributed by atoms with Crippen LogP contribution in [0.1, 0.15) is 0 Å². The highest BCUT2D eigenvalue weighted by molar-refractivity contribution is 9.10. The smallest absolute Gasteiger partial charge is 0.0325 e. The molecule has 4 N–H and O–H groups in total. The molecule has 1 aromatic carbocycles. The molecule has 0 fully saturated rings. The van der Waals surface area contributed by atoms with Crippen LogP contribution in [0.25, 0.3) is 0 Å². The van der Waals surface area contributed by atoms with Crippen LogP contribution in [0.2, 0.25) is 0 Å². The largest absolute Gasteiger partial charge is 0.399 e. The maximum atomic E-state index is 5.43. The van der Waals surface area contributed by atoms with Crippen LogP contribution < -0.4 is 11.0 Å². The van der Waals surface area contributed by atoms with Gasteiger partial charge in [-0.1, -0.05) is 22.0 Å². The molecule has 10 heavy (non-hydrogen) atoms. The van der Waals surface area contributed by atoms with Gasteiger partial charge < -0.3 is 5.73 Å². The van der Waals surface area contributed by atoms with Crippen molar-refractivity contribution in [3.05, 3.63) is 28.7 Å². The van der Waals surface area contributed by atoms with Gasteiger partial charge in [0.05, 0.1) is 0 Å². The molecule has 0 aliphatic heterocycles. The molecular formula is C6H8BrClN2. The Labute approximate surface area is 73.4 Å². The van der Waals surface area contributed by atoms with Crippen molar-refractivity contribution in [2.24, 2.45) is 5.25 Å². The fourth-order valence-corrected chi connectivity index (χ4v) is 0.924. The van der Waals surface area contributed by atoms with Crippen LogP contribution in [-0.4, -0.2) is 0 Å². The minimum Gasteiger partial charge on any atom is -0.399 e. The van der Waals surface area contributed by atoms with Crippen LogP contribution in [0.3, 0.4) is 0 Å². The lowest BCUT2D eigenvalue weighted by Gasteiger charge is -1.89. The van der Waals surface area contributed by atoms with Gasteiger partial charge in [0.2, 0.25) is 0 Å². The standard InChI is InChI=1S/C6H6BrN.ClH2N/c7-5-2-1-3-6(8)4-5;1-2/h1-4H,8H2;2H2. The zero-order valence-electron chi connectivity index (χ0n) is 5.22. The van der Waals surface area contributed by atoms with Crippen LogP contribution in [0, 0.1) is 0 Å². The molecule has 0 saturated heterocycles. The molecule has 0 unspecified atom stereocenters. The van der Waals surface area contributed by atoms with Gasteiger partial charge in [0, 0.05) is 10.2 Å². The van der Waals surface area contributed by atoms with Crippen molar-refractivity contribution in [1.82, 2.24) is 0 Å². The summed E-state index contributed by atoms with van der Waals surface area (Å²) in [6, 6.07) is 7.56. The van der Waals surface area contributed by atoms with E-state index in [2.05, 4.69) is 33.0 Å². The van der Waals surface area contributed by atoms with E-state index in [1.165, 1.54) is 0 Å². The first-order chi connectivity index (χ1) is 4.79. The zero-order chi connectivity index (χ0) is 7.98. The van der Waals surface area contributed by atoms with Gasteiger partial charge in [-0.15, -0.1) is 0 Å². The molecule has 4 heteroatoms. The van der Waals surface area contributed by atoms with Gasteiger partial charge in [-0.05, 0) is 30.0 Å². The van der Waals surface area contributed by atoms with Crippen LogP contribution in [0.5, 0.6) is 0 Å². The summed E-state index contributed by atoms with van der Waals surface area (Å²) in [5, 5.41) is 3.97. The first-order valence-corrected chi connectivity index (χ1v) is 3.75. The maximum Gasteiger partial charge on any atom is 0.0325 e. The molecule has 0 spiro atoms. The Bertz CT molecular complexity index is 176. The Morgan fingerprint density at radius 1 is 1.30 bits per heavy atom. The highest BCUT2D eigenvalue weighted by Gasteiger charge is 1.82. The lowest BCUT2D eigenvalue weighted by atomic mass is 10.3. The van der Waals surface area contributed by atoms with Gasteiger partial charge in [0.15, 0.2) is 0 Å². The summed E-state index contributed by atoms with van der Waals surface area (Å²) in [5.74, 6) is 0. The summed E-state index contributed by atoms with van der Waals surface area (Å²) in [5.41, 5.74) is 6.22. The zero-order valence-corrected chi connectivity index (χ0v) is 7.56. The lowest BCUT2D eigenvalue weighted by Crippen LogP contribution is -1.80. The van der Waals surface area contributed by atoms with E-state index in [9.17, 15) is 0 Å². The quantitative estimate of drug-likeness (QED) is 0.523. The Morgan fingerprint density at radius 2 is 1.90 bits per heavy atom. The van der Waals surface area contributed by atoms with E-state index in [0.29, 0.717) is 0 Å². The summed E-state index contributed by atoms with van der Waals surface area (Å²) in [7, 11) is 0. The van der Waals surface area contributed by atoms with Gasteiger partial charge in [0.25, 0.3) is 0 Å². The van der Waals surface area contributed by atoms with E-state index < -0.39 is 0 Å². The second kappa shape index (κ2) is 5.53. The third kappa shape index (κ3) is 3.71. The molecule has 0 atom stereocenters. The van der Waals surface area contributed by atoms with E-state index in [1.54, 1.807) is 0 Å². The van der Waals surface area contributed by atoms with Gasteiger partial charge in [-0.25, -0.2) is 5.25 Å². The molecule has 0 aliphatic rings. The monoisotopic (exact) mass is 222 g/mol. The Balaban J connectivity index is 0.000000371. The Kier molecular flexibility index (Phi) is 5.39. The third-order valence-corrected chi connectivity index (χ3v) is 1.34. The molecule has 0 saturated carbocycles. The normalized spacial score (nSPS) is 7.90. The molecule has 1 rings (SSSR count). The molecule has 0 aromatic heterocycles. The van der Waals surface area contributed by atoms with Gasteiger partial charge in [-0.2, -0.15) is 0 Å². The second-order valence-corrected chi connectivity index (χ2v) is 2.47. The van der Waals surface area contributed by atoms with Crippen LogP contribution in [-0.2, 0) is 0 Å². The molecule has 0 aliphatic carbocycles. The summed E-state index contributed by atoms with van der Waals surface area (Å²) >= 11 is 7.42. The number of nitrogen functional groups attached to an aromatic ring is 1. The number of benzene rings is 1. The minimum atomic E-state index is 0.791. The SMILES string of the molecule is NCl.Nc1cccc(Br)c1. The third-order valence-electron chi connectivity index (χ3n) is 0.849. The van der Waals surface area contributed by atoms with Crippen molar-refractivity contribution in [2.45, 2.75) is 0 Å². The molecule has 1 aromatic rings. The van der Waals surface area contributed by atoms with E-state index in [4.69, 9.17) is 5.73 Å². The summed E-state index contributed by atoms with van der Waals surface area (Å²) < 4.78 is 1.03. The van der Waals surface area contributed by atoms with Crippen molar-refractivity contribution in [2.75, 3.05) is 5.73 Å². The average Bonchev–Trinajstić information content (AvgIpc) is 1.91. The number of halogens is 2. The maximum absolute atomic E-state index is 5.43. The highest BCUT2D eigenvalue weighted by atomic mass is 79.9. The molecular weight excluding hydrogens is 215 g/mol. The minimum absolute atomic E-state index is 0.791. The predicted octanol–water partition coefficient (Wildman–Crippen LogP) is 2.13. The van der Waals surface area contributed by atoms with Crippen LogP contribution >= 0.6 is 27.7 Å². The Hall–Kier alpha value is -0.250. The summed E-state index contributed by atoms with van der Waals surface area (Å²) in [6.07, 6.45) is 0. The fourth-order valence-electron chi connectivity index (χ4n) is 0.507. The number of hydrogen-bond acceptors (Lipinski definition) is 2. The van der Waals surface area contributed by atoms with Crippen molar-refractivity contribution in [3.63, 3.8) is 0 Å². The van der Waals surface area contributed by atoms with Gasteiger partial charge in [-0.3, -0.25) is 0 Å². The predicted molar refractivity (Wildman–Crippen MR) is 48.6 cm³/mol. The van der Waals surface area contributed by atoms with Crippen LogP contribution in [0.15, 0.2) is 28.7 Å². The molecule has 2 nitrogen and oxygen atoms in total. The fraction of sp³-hybridized carbons (Fsp3) is 0. The summed E-state index contributed by atoms with van der Waals surface area (Å²) in [6.45, 7) is 0.